The minimum Gasteiger partial charge on any atom is -0.466 e. The van der Waals surface area contributed by atoms with Gasteiger partial charge in [-0.2, -0.15) is 4.98 Å². The summed E-state index contributed by atoms with van der Waals surface area (Å²) >= 11 is 0. The van der Waals surface area contributed by atoms with Gasteiger partial charge in [-0.25, -0.2) is 0 Å². The largest absolute Gasteiger partial charge is 0.466 e. The molecule has 4 rings (SSSR count). The van der Waals surface area contributed by atoms with Crippen molar-refractivity contribution < 1.29 is 32.8 Å². The molecule has 0 aliphatic carbocycles. The van der Waals surface area contributed by atoms with E-state index in [1.54, 1.807) is 32.2 Å². The summed E-state index contributed by atoms with van der Waals surface area (Å²) in [5, 5.41) is 7.80. The van der Waals surface area contributed by atoms with E-state index in [9.17, 15) is 9.59 Å². The maximum absolute atomic E-state index is 12.6. The monoisotopic (exact) mass is 510 g/mol. The number of furan rings is 1. The first-order valence-corrected chi connectivity index (χ1v) is 12.2. The van der Waals surface area contributed by atoms with E-state index in [0.717, 1.165) is 11.1 Å². The summed E-state index contributed by atoms with van der Waals surface area (Å²) in [5.74, 6) is 0.326. The Morgan fingerprint density at radius 3 is 2.41 bits per heavy atom. The average molecular weight is 511 g/mol. The van der Waals surface area contributed by atoms with Gasteiger partial charge in [-0.1, -0.05) is 34.6 Å². The third kappa shape index (κ3) is 6.42. The van der Waals surface area contributed by atoms with E-state index in [1.165, 1.54) is 6.21 Å². The molecule has 0 saturated carbocycles. The van der Waals surface area contributed by atoms with Gasteiger partial charge in [-0.3, -0.25) is 14.5 Å². The van der Waals surface area contributed by atoms with Crippen LogP contribution in [0, 0.1) is 5.41 Å². The fraction of sp³-hybridized carbons (Fsp3) is 0.423. The van der Waals surface area contributed by atoms with Crippen molar-refractivity contribution in [2.45, 2.75) is 39.8 Å². The number of carbonyl (C=O) groups excluding carboxylic acids is 2. The molecule has 0 spiro atoms. The first kappa shape index (κ1) is 26.1. The Hall–Kier alpha value is -3.99. The molecule has 0 amide bonds. The van der Waals surface area contributed by atoms with Gasteiger partial charge in [0, 0.05) is 25.2 Å². The number of piperidine rings is 1. The number of likely N-dealkylation sites (tertiary alicyclic amines) is 1. The third-order valence-electron chi connectivity index (χ3n) is 6.13. The maximum Gasteiger partial charge on any atom is 0.323 e. The van der Waals surface area contributed by atoms with Crippen LogP contribution in [0.25, 0.3) is 11.4 Å². The van der Waals surface area contributed by atoms with Gasteiger partial charge in [-0.05, 0) is 44.4 Å². The van der Waals surface area contributed by atoms with E-state index >= 15 is 0 Å². The summed E-state index contributed by atoms with van der Waals surface area (Å²) in [6.07, 6.45) is 3.63. The number of nitrogens with zero attached hydrogens (tertiary/aromatic N) is 4. The molecule has 0 unspecified atom stereocenters. The number of carbonyl (C=O) groups is 2. The molecule has 11 nitrogen and oxygen atoms in total. The fourth-order valence-electron chi connectivity index (χ4n) is 4.12. The van der Waals surface area contributed by atoms with Crippen molar-refractivity contribution in [2.24, 2.45) is 10.6 Å². The van der Waals surface area contributed by atoms with Crippen molar-refractivity contribution in [3.8, 4) is 11.4 Å². The predicted octanol–water partition coefficient (Wildman–Crippen LogP) is 3.59. The Bertz CT molecular complexity index is 1160. The van der Waals surface area contributed by atoms with Crippen molar-refractivity contribution in [1.29, 1.82) is 0 Å². The lowest BCUT2D eigenvalue weighted by atomic mass is 9.78. The molecular formula is C26H30N4O7. The topological polar surface area (TPSA) is 129 Å². The van der Waals surface area contributed by atoms with E-state index in [2.05, 4.69) is 20.2 Å². The van der Waals surface area contributed by atoms with Crippen LogP contribution in [0.15, 0.2) is 56.8 Å². The zero-order valence-electron chi connectivity index (χ0n) is 20.9. The summed E-state index contributed by atoms with van der Waals surface area (Å²) in [7, 11) is 0. The number of aromatic nitrogens is 2. The summed E-state index contributed by atoms with van der Waals surface area (Å²) in [6, 6.07) is 11.4. The quantitative estimate of drug-likeness (QED) is 0.163. The van der Waals surface area contributed by atoms with Gasteiger partial charge in [0.05, 0.1) is 19.5 Å². The zero-order chi connectivity index (χ0) is 26.1. The molecule has 37 heavy (non-hydrogen) atoms. The number of benzene rings is 1. The van der Waals surface area contributed by atoms with Gasteiger partial charge in [0.2, 0.25) is 5.82 Å². The summed E-state index contributed by atoms with van der Waals surface area (Å²) in [4.78, 5) is 36.9. The van der Waals surface area contributed by atoms with E-state index < -0.39 is 17.4 Å². The lowest BCUT2D eigenvalue weighted by Crippen LogP contribution is -2.50. The lowest BCUT2D eigenvalue weighted by molar-refractivity contribution is -0.176. The molecule has 1 saturated heterocycles. The normalized spacial score (nSPS) is 15.5. The minimum absolute atomic E-state index is 0.204. The number of oxime groups is 1. The molecule has 1 fully saturated rings. The summed E-state index contributed by atoms with van der Waals surface area (Å²) < 4.78 is 20.8. The Morgan fingerprint density at radius 2 is 1.78 bits per heavy atom. The van der Waals surface area contributed by atoms with E-state index in [0.29, 0.717) is 44.1 Å². The van der Waals surface area contributed by atoms with Crippen molar-refractivity contribution in [2.75, 3.05) is 26.3 Å². The smallest absolute Gasteiger partial charge is 0.323 e. The lowest BCUT2D eigenvalue weighted by Gasteiger charge is -2.38. The molecule has 1 aromatic carbocycles. The molecular weight excluding hydrogens is 480 g/mol. The highest BCUT2D eigenvalue weighted by atomic mass is 16.6. The van der Waals surface area contributed by atoms with Crippen LogP contribution in [-0.4, -0.2) is 59.5 Å². The molecule has 0 radical (unpaired) electrons. The molecule has 1 aliphatic heterocycles. The molecule has 11 heteroatoms. The van der Waals surface area contributed by atoms with Gasteiger partial charge >= 0.3 is 11.9 Å². The molecule has 0 atom stereocenters. The van der Waals surface area contributed by atoms with Crippen LogP contribution in [0.5, 0.6) is 0 Å². The Balaban J connectivity index is 1.30. The molecule has 3 aromatic rings. The van der Waals surface area contributed by atoms with Crippen LogP contribution in [0.1, 0.15) is 43.9 Å². The van der Waals surface area contributed by atoms with Gasteiger partial charge in [0.15, 0.2) is 12.0 Å². The van der Waals surface area contributed by atoms with E-state index in [4.69, 9.17) is 23.3 Å². The maximum atomic E-state index is 12.6. The number of ether oxygens (including phenoxy) is 2. The average Bonchev–Trinajstić information content (AvgIpc) is 3.60. The zero-order valence-corrected chi connectivity index (χ0v) is 20.9. The molecule has 0 bridgehead atoms. The van der Waals surface area contributed by atoms with Gasteiger partial charge in [0.1, 0.15) is 12.0 Å². The highest BCUT2D eigenvalue weighted by Crippen LogP contribution is 2.35. The van der Waals surface area contributed by atoms with Gasteiger partial charge in [0.25, 0.3) is 5.89 Å². The van der Waals surface area contributed by atoms with Crippen molar-refractivity contribution >= 4 is 18.2 Å². The Morgan fingerprint density at radius 1 is 1.08 bits per heavy atom. The first-order valence-electron chi connectivity index (χ1n) is 12.2. The second-order valence-electron chi connectivity index (χ2n) is 8.54. The molecule has 3 heterocycles. The van der Waals surface area contributed by atoms with Crippen LogP contribution < -0.4 is 0 Å². The van der Waals surface area contributed by atoms with Crippen molar-refractivity contribution in [1.82, 2.24) is 15.0 Å². The molecule has 1 aliphatic rings. The summed E-state index contributed by atoms with van der Waals surface area (Å²) in [6.45, 7) is 5.96. The Labute approximate surface area is 214 Å². The number of hydrogen-bond donors (Lipinski definition) is 0. The predicted molar refractivity (Wildman–Crippen MR) is 131 cm³/mol. The molecule has 196 valence electrons. The second kappa shape index (κ2) is 12.3. The van der Waals surface area contributed by atoms with Gasteiger partial charge < -0.3 is 23.3 Å². The van der Waals surface area contributed by atoms with E-state index in [-0.39, 0.29) is 25.7 Å². The second-order valence-corrected chi connectivity index (χ2v) is 8.54. The third-order valence-corrected chi connectivity index (χ3v) is 6.13. The van der Waals surface area contributed by atoms with Gasteiger partial charge in [-0.15, -0.1) is 0 Å². The van der Waals surface area contributed by atoms with Crippen LogP contribution in [0.4, 0.5) is 0 Å². The van der Waals surface area contributed by atoms with Crippen LogP contribution in [0.2, 0.25) is 0 Å². The standard InChI is InChI=1S/C26H30N4O7/c1-3-33-24(31)26(25(32)34-4-2)11-13-30(14-12-26)17-19-7-9-20(10-8-19)23-28-22(37-29-23)16-27-36-18-21-6-5-15-35-21/h5-10,15-16H,3-4,11-14,17-18H2,1-2H3. The van der Waals surface area contributed by atoms with Crippen LogP contribution >= 0.6 is 0 Å². The summed E-state index contributed by atoms with van der Waals surface area (Å²) in [5.41, 5.74) is 0.654. The molecule has 2 aromatic heterocycles. The minimum atomic E-state index is -1.23. The van der Waals surface area contributed by atoms with Crippen LogP contribution in [-0.2, 0) is 37.1 Å². The highest BCUT2D eigenvalue weighted by molar-refractivity contribution is 6.00. The fourth-order valence-corrected chi connectivity index (χ4v) is 4.12. The molecule has 0 N–H and O–H groups in total. The van der Waals surface area contributed by atoms with Crippen molar-refractivity contribution in [3.05, 3.63) is 59.9 Å². The SMILES string of the molecule is CCOC(=O)C1(C(=O)OCC)CCN(Cc2ccc(-c3noc(C=NOCc4ccco4)n3)cc2)CC1. The first-order chi connectivity index (χ1) is 18.0. The number of hydrogen-bond acceptors (Lipinski definition) is 11. The van der Waals surface area contributed by atoms with Crippen molar-refractivity contribution in [3.63, 3.8) is 0 Å². The van der Waals surface area contributed by atoms with E-state index in [1.807, 2.05) is 24.3 Å². The highest BCUT2D eigenvalue weighted by Gasteiger charge is 2.50. The Kier molecular flexibility index (Phi) is 8.68. The number of esters is 2. The van der Waals surface area contributed by atoms with Crippen LogP contribution in [0.3, 0.4) is 0 Å². The number of rotatable bonds is 11.